The van der Waals surface area contributed by atoms with E-state index >= 15 is 0 Å². The molecule has 0 radical (unpaired) electrons. The summed E-state index contributed by atoms with van der Waals surface area (Å²) in [6.45, 7) is 1.40. The van der Waals surface area contributed by atoms with E-state index in [1.807, 2.05) is 6.92 Å². The molecule has 3 heterocycles. The number of aliphatic hydroxyl groups excluding tert-OH is 2. The number of hydrogen-bond donors (Lipinski definition) is 3. The predicted molar refractivity (Wildman–Crippen MR) is 71.0 cm³/mol. The number of nitrogen functional groups attached to an aromatic ring is 1. The van der Waals surface area contributed by atoms with E-state index in [0.29, 0.717) is 23.4 Å². The zero-order valence-corrected chi connectivity index (χ0v) is 11.3. The number of halogens is 1. The van der Waals surface area contributed by atoms with Crippen LogP contribution in [0.2, 0.25) is 0 Å². The van der Waals surface area contributed by atoms with Crippen LogP contribution in [0.4, 0.5) is 10.2 Å². The molecule has 1 saturated heterocycles. The minimum atomic E-state index is -1.69. The van der Waals surface area contributed by atoms with E-state index in [4.69, 9.17) is 15.6 Å². The van der Waals surface area contributed by atoms with E-state index in [-0.39, 0.29) is 5.82 Å². The average Bonchev–Trinajstić information content (AvgIpc) is 3.02. The smallest absolute Gasteiger partial charge is 0.173 e. The Morgan fingerprint density at radius 1 is 1.48 bits per heavy atom. The second kappa shape index (κ2) is 5.17. The molecule has 114 valence electrons. The number of anilines is 1. The van der Waals surface area contributed by atoms with Crippen LogP contribution in [0.3, 0.4) is 0 Å². The summed E-state index contributed by atoms with van der Waals surface area (Å²) in [4.78, 5) is 12.5. The van der Waals surface area contributed by atoms with E-state index in [1.54, 1.807) is 0 Å². The standard InChI is InChI=1S/C12H16FN5O3/c1-2-6-16-10(14)8-11(17-6)18(4-15-8)12-7(13)9(20)5(3-19)21-12/h4-5,7,9,12,19-20H,2-3H2,1H3,(H2,14,16,17)/t5?,7?,9-,12?/m1/s1. The second-order valence-corrected chi connectivity index (χ2v) is 4.89. The van der Waals surface area contributed by atoms with Crippen LogP contribution in [-0.2, 0) is 11.2 Å². The van der Waals surface area contributed by atoms with Gasteiger partial charge < -0.3 is 20.7 Å². The minimum Gasteiger partial charge on any atom is -0.394 e. The summed E-state index contributed by atoms with van der Waals surface area (Å²) in [6.07, 6.45) is -3.27. The molecule has 8 nitrogen and oxygen atoms in total. The molecular formula is C12H16FN5O3. The number of alkyl halides is 1. The van der Waals surface area contributed by atoms with Gasteiger partial charge in [-0.25, -0.2) is 19.3 Å². The largest absolute Gasteiger partial charge is 0.394 e. The van der Waals surface area contributed by atoms with Crippen LogP contribution in [0.5, 0.6) is 0 Å². The number of imidazole rings is 1. The summed E-state index contributed by atoms with van der Waals surface area (Å²) in [5, 5.41) is 18.8. The first kappa shape index (κ1) is 14.1. The van der Waals surface area contributed by atoms with E-state index in [9.17, 15) is 9.50 Å². The van der Waals surface area contributed by atoms with Gasteiger partial charge in [-0.1, -0.05) is 6.92 Å². The van der Waals surface area contributed by atoms with Crippen LogP contribution in [0, 0.1) is 0 Å². The van der Waals surface area contributed by atoms with Gasteiger partial charge in [0.1, 0.15) is 23.5 Å². The average molecular weight is 297 g/mol. The SMILES string of the molecule is CCc1nc(N)c2ncn(C3OC(CO)[C@@H](O)C3F)c2n1. The lowest BCUT2D eigenvalue weighted by atomic mass is 10.1. The zero-order chi connectivity index (χ0) is 15.1. The van der Waals surface area contributed by atoms with Crippen molar-refractivity contribution in [2.24, 2.45) is 0 Å². The molecule has 21 heavy (non-hydrogen) atoms. The van der Waals surface area contributed by atoms with Gasteiger partial charge in [0.05, 0.1) is 12.9 Å². The van der Waals surface area contributed by atoms with Crippen LogP contribution < -0.4 is 5.73 Å². The molecule has 0 saturated carbocycles. The van der Waals surface area contributed by atoms with Crippen molar-refractivity contribution in [2.75, 3.05) is 12.3 Å². The lowest BCUT2D eigenvalue weighted by Crippen LogP contribution is -2.30. The molecule has 2 aromatic rings. The first-order valence-electron chi connectivity index (χ1n) is 6.64. The van der Waals surface area contributed by atoms with Crippen LogP contribution in [0.25, 0.3) is 11.2 Å². The van der Waals surface area contributed by atoms with Crippen LogP contribution in [0.15, 0.2) is 6.33 Å². The van der Waals surface area contributed by atoms with Crippen molar-refractivity contribution in [2.45, 2.75) is 38.0 Å². The highest BCUT2D eigenvalue weighted by Gasteiger charge is 2.45. The summed E-state index contributed by atoms with van der Waals surface area (Å²) in [7, 11) is 0. The first-order chi connectivity index (χ1) is 10.1. The van der Waals surface area contributed by atoms with Gasteiger partial charge in [-0.3, -0.25) is 4.57 Å². The normalized spacial score (nSPS) is 29.3. The lowest BCUT2D eigenvalue weighted by Gasteiger charge is -2.15. The van der Waals surface area contributed by atoms with Crippen molar-refractivity contribution in [3.63, 3.8) is 0 Å². The van der Waals surface area contributed by atoms with Gasteiger partial charge in [-0.2, -0.15) is 0 Å². The van der Waals surface area contributed by atoms with Gasteiger partial charge in [0.15, 0.2) is 23.9 Å². The highest BCUT2D eigenvalue weighted by atomic mass is 19.1. The van der Waals surface area contributed by atoms with E-state index < -0.39 is 31.2 Å². The molecule has 2 aromatic heterocycles. The number of fused-ring (bicyclic) bond motifs is 1. The van der Waals surface area contributed by atoms with Gasteiger partial charge in [-0.15, -0.1) is 0 Å². The van der Waals surface area contributed by atoms with E-state index in [0.717, 1.165) is 0 Å². The molecule has 3 unspecified atom stereocenters. The molecule has 4 N–H and O–H groups in total. The number of nitrogens with zero attached hydrogens (tertiary/aromatic N) is 4. The molecule has 1 aliphatic heterocycles. The summed E-state index contributed by atoms with van der Waals surface area (Å²) in [6, 6.07) is 0. The van der Waals surface area contributed by atoms with Gasteiger partial charge in [0, 0.05) is 6.42 Å². The summed E-state index contributed by atoms with van der Waals surface area (Å²) in [5.74, 6) is 0.720. The Morgan fingerprint density at radius 2 is 2.24 bits per heavy atom. The molecule has 0 bridgehead atoms. The van der Waals surface area contributed by atoms with Crippen molar-refractivity contribution in [1.82, 2.24) is 19.5 Å². The number of ether oxygens (including phenoxy) is 1. The third-order valence-electron chi connectivity index (χ3n) is 3.56. The fourth-order valence-electron chi connectivity index (χ4n) is 2.41. The Bertz CT molecular complexity index is 664. The van der Waals surface area contributed by atoms with Gasteiger partial charge >= 0.3 is 0 Å². The van der Waals surface area contributed by atoms with Crippen LogP contribution in [0.1, 0.15) is 19.0 Å². The first-order valence-corrected chi connectivity index (χ1v) is 6.64. The monoisotopic (exact) mass is 297 g/mol. The quantitative estimate of drug-likeness (QED) is 0.702. The maximum absolute atomic E-state index is 14.2. The third-order valence-corrected chi connectivity index (χ3v) is 3.56. The highest BCUT2D eigenvalue weighted by Crippen LogP contribution is 2.33. The van der Waals surface area contributed by atoms with Crippen molar-refractivity contribution in [3.8, 4) is 0 Å². The van der Waals surface area contributed by atoms with Crippen LogP contribution in [-0.4, -0.2) is 54.7 Å². The molecule has 3 rings (SSSR count). The molecule has 9 heteroatoms. The number of aryl methyl sites for hydroxylation is 1. The zero-order valence-electron chi connectivity index (χ0n) is 11.3. The lowest BCUT2D eigenvalue weighted by molar-refractivity contribution is -0.0459. The maximum atomic E-state index is 14.2. The Kier molecular flexibility index (Phi) is 3.47. The number of rotatable bonds is 3. The molecular weight excluding hydrogens is 281 g/mol. The maximum Gasteiger partial charge on any atom is 0.173 e. The fourth-order valence-corrected chi connectivity index (χ4v) is 2.41. The molecule has 0 aromatic carbocycles. The molecule has 1 fully saturated rings. The van der Waals surface area contributed by atoms with Gasteiger partial charge in [-0.05, 0) is 0 Å². The molecule has 1 aliphatic rings. The highest BCUT2D eigenvalue weighted by molar-refractivity contribution is 5.81. The molecule has 0 aliphatic carbocycles. The number of aliphatic hydroxyl groups is 2. The van der Waals surface area contributed by atoms with Crippen LogP contribution >= 0.6 is 0 Å². The van der Waals surface area contributed by atoms with E-state index in [2.05, 4.69) is 15.0 Å². The Balaban J connectivity index is 2.07. The fraction of sp³-hybridized carbons (Fsp3) is 0.583. The van der Waals surface area contributed by atoms with Gasteiger partial charge in [0.2, 0.25) is 0 Å². The molecule has 0 amide bonds. The van der Waals surface area contributed by atoms with Gasteiger partial charge in [0.25, 0.3) is 0 Å². The third kappa shape index (κ3) is 2.13. The number of hydrogen-bond acceptors (Lipinski definition) is 7. The Hall–Kier alpha value is -1.84. The second-order valence-electron chi connectivity index (χ2n) is 4.89. The van der Waals surface area contributed by atoms with Crippen molar-refractivity contribution in [3.05, 3.63) is 12.2 Å². The number of aromatic nitrogens is 4. The summed E-state index contributed by atoms with van der Waals surface area (Å²) in [5.41, 5.74) is 6.51. The summed E-state index contributed by atoms with van der Waals surface area (Å²) < 4.78 is 20.9. The van der Waals surface area contributed by atoms with E-state index in [1.165, 1.54) is 10.9 Å². The number of nitrogens with two attached hydrogens (primary N) is 1. The van der Waals surface area contributed by atoms with Crippen molar-refractivity contribution in [1.29, 1.82) is 0 Å². The molecule has 0 spiro atoms. The Morgan fingerprint density at radius 3 is 2.86 bits per heavy atom. The van der Waals surface area contributed by atoms with Crippen molar-refractivity contribution < 1.29 is 19.3 Å². The minimum absolute atomic E-state index is 0.211. The Labute approximate surface area is 119 Å². The predicted octanol–water partition coefficient (Wildman–Crippen LogP) is -0.440. The van der Waals surface area contributed by atoms with Crippen molar-refractivity contribution >= 4 is 17.0 Å². The summed E-state index contributed by atoms with van der Waals surface area (Å²) >= 11 is 0. The molecule has 4 atom stereocenters. The topological polar surface area (TPSA) is 119 Å².